The van der Waals surface area contributed by atoms with E-state index in [9.17, 15) is 0 Å². The van der Waals surface area contributed by atoms with Crippen molar-refractivity contribution in [1.82, 2.24) is 15.6 Å². The molecule has 1 rings (SSSR count). The average molecular weight is 424 g/mol. The maximum Gasteiger partial charge on any atom is 0.191 e. The summed E-state index contributed by atoms with van der Waals surface area (Å²) in [5.41, 5.74) is 0. The van der Waals surface area contributed by atoms with Crippen molar-refractivity contribution < 1.29 is 0 Å². The number of halogens is 1. The van der Waals surface area contributed by atoms with Gasteiger partial charge in [0.1, 0.15) is 5.01 Å². The first-order chi connectivity index (χ1) is 9.51. The van der Waals surface area contributed by atoms with Gasteiger partial charge in [-0.2, -0.15) is 0 Å². The summed E-state index contributed by atoms with van der Waals surface area (Å²) in [5, 5.41) is 7.82. The Balaban J connectivity index is 0.00000400. The van der Waals surface area contributed by atoms with Crippen molar-refractivity contribution in [2.45, 2.75) is 60.0 Å². The Bertz CT molecular complexity index is 418. The Labute approximate surface area is 150 Å². The highest BCUT2D eigenvalue weighted by atomic mass is 127. The number of hydrogen-bond donors (Lipinski definition) is 2. The molecule has 122 valence electrons. The predicted molar refractivity (Wildman–Crippen MR) is 104 cm³/mol. The van der Waals surface area contributed by atoms with Crippen LogP contribution in [-0.4, -0.2) is 23.5 Å². The van der Waals surface area contributed by atoms with Crippen molar-refractivity contribution in [3.05, 3.63) is 16.1 Å². The molecule has 1 unspecified atom stereocenters. The van der Waals surface area contributed by atoms with Crippen LogP contribution in [0.25, 0.3) is 0 Å². The second-order valence-corrected chi connectivity index (χ2v) is 6.90. The van der Waals surface area contributed by atoms with E-state index in [1.54, 1.807) is 11.3 Å². The SMILES string of the molecule is CCNC(=NCc1ncc(C)s1)NC(C)CCC(C)C.I. The third kappa shape index (κ3) is 9.29. The molecule has 0 spiro atoms. The summed E-state index contributed by atoms with van der Waals surface area (Å²) in [4.78, 5) is 10.2. The largest absolute Gasteiger partial charge is 0.357 e. The van der Waals surface area contributed by atoms with E-state index in [1.165, 1.54) is 17.7 Å². The molecule has 0 fully saturated rings. The van der Waals surface area contributed by atoms with Crippen molar-refractivity contribution in [3.63, 3.8) is 0 Å². The summed E-state index contributed by atoms with van der Waals surface area (Å²) in [6.07, 6.45) is 4.30. The monoisotopic (exact) mass is 424 g/mol. The summed E-state index contributed by atoms with van der Waals surface area (Å²) in [7, 11) is 0. The van der Waals surface area contributed by atoms with Crippen molar-refractivity contribution in [3.8, 4) is 0 Å². The number of nitrogens with one attached hydrogen (secondary N) is 2. The summed E-state index contributed by atoms with van der Waals surface area (Å²) in [6.45, 7) is 12.4. The number of aryl methyl sites for hydroxylation is 1. The molecular formula is C15H29IN4S. The summed E-state index contributed by atoms with van der Waals surface area (Å²) in [5.74, 6) is 1.63. The molecule has 0 aliphatic rings. The topological polar surface area (TPSA) is 49.3 Å². The molecule has 0 amide bonds. The molecule has 0 bridgehead atoms. The van der Waals surface area contributed by atoms with E-state index < -0.39 is 0 Å². The Hall–Kier alpha value is -0.370. The molecule has 2 N–H and O–H groups in total. The van der Waals surface area contributed by atoms with E-state index in [0.29, 0.717) is 12.6 Å². The summed E-state index contributed by atoms with van der Waals surface area (Å²) < 4.78 is 0. The molecule has 0 radical (unpaired) electrons. The van der Waals surface area contributed by atoms with Crippen molar-refractivity contribution in [2.75, 3.05) is 6.54 Å². The molecule has 0 aromatic carbocycles. The first-order valence-corrected chi connectivity index (χ1v) is 8.29. The van der Waals surface area contributed by atoms with Gasteiger partial charge in [0.2, 0.25) is 0 Å². The summed E-state index contributed by atoms with van der Waals surface area (Å²) >= 11 is 1.71. The van der Waals surface area contributed by atoms with Crippen LogP contribution in [0.4, 0.5) is 0 Å². The smallest absolute Gasteiger partial charge is 0.191 e. The first-order valence-electron chi connectivity index (χ1n) is 7.47. The van der Waals surface area contributed by atoms with Gasteiger partial charge in [-0.15, -0.1) is 35.3 Å². The maximum absolute atomic E-state index is 4.61. The molecule has 1 atom stereocenters. The molecule has 0 aliphatic carbocycles. The number of aliphatic imine (C=N–C) groups is 1. The minimum Gasteiger partial charge on any atom is -0.357 e. The molecule has 0 saturated heterocycles. The zero-order chi connectivity index (χ0) is 15.0. The van der Waals surface area contributed by atoms with Gasteiger partial charge >= 0.3 is 0 Å². The molecule has 4 nitrogen and oxygen atoms in total. The van der Waals surface area contributed by atoms with Gasteiger partial charge in [0.15, 0.2) is 5.96 Å². The quantitative estimate of drug-likeness (QED) is 0.396. The predicted octanol–water partition coefficient (Wildman–Crippen LogP) is 3.95. The second kappa shape index (κ2) is 11.2. The van der Waals surface area contributed by atoms with Gasteiger partial charge in [-0.05, 0) is 39.5 Å². The highest BCUT2D eigenvalue weighted by molar-refractivity contribution is 14.0. The van der Waals surface area contributed by atoms with Gasteiger partial charge in [-0.1, -0.05) is 13.8 Å². The number of thiazole rings is 1. The van der Waals surface area contributed by atoms with Crippen LogP contribution in [0.3, 0.4) is 0 Å². The lowest BCUT2D eigenvalue weighted by Gasteiger charge is -2.18. The van der Waals surface area contributed by atoms with Crippen LogP contribution in [0.5, 0.6) is 0 Å². The minimum atomic E-state index is 0. The van der Waals surface area contributed by atoms with Crippen molar-refractivity contribution in [2.24, 2.45) is 10.9 Å². The number of nitrogens with zero attached hydrogens (tertiary/aromatic N) is 2. The molecule has 1 aromatic heterocycles. The van der Waals surface area contributed by atoms with Gasteiger partial charge in [0, 0.05) is 23.7 Å². The van der Waals surface area contributed by atoms with Crippen LogP contribution in [-0.2, 0) is 6.54 Å². The molecular weight excluding hydrogens is 395 g/mol. The van der Waals surface area contributed by atoms with E-state index in [4.69, 9.17) is 0 Å². The fourth-order valence-electron chi connectivity index (χ4n) is 1.83. The molecule has 1 aromatic rings. The van der Waals surface area contributed by atoms with Crippen molar-refractivity contribution >= 4 is 41.3 Å². The Morgan fingerprint density at radius 1 is 1.33 bits per heavy atom. The molecule has 0 aliphatic heterocycles. The minimum absolute atomic E-state index is 0. The van der Waals surface area contributed by atoms with Gasteiger partial charge in [0.25, 0.3) is 0 Å². The van der Waals surface area contributed by atoms with E-state index in [2.05, 4.69) is 55.2 Å². The average Bonchev–Trinajstić information content (AvgIpc) is 2.80. The Kier molecular flexibility index (Phi) is 11.0. The standard InChI is InChI=1S/C15H28N4S.HI/c1-6-16-15(19-12(4)8-7-11(2)3)18-10-14-17-9-13(5)20-14;/h9,11-12H,6-8,10H2,1-5H3,(H2,16,18,19);1H. The molecule has 6 heteroatoms. The van der Waals surface area contributed by atoms with Gasteiger partial charge in [-0.3, -0.25) is 0 Å². The maximum atomic E-state index is 4.61. The lowest BCUT2D eigenvalue weighted by Crippen LogP contribution is -2.42. The van der Waals surface area contributed by atoms with Gasteiger partial charge < -0.3 is 10.6 Å². The molecule has 1 heterocycles. The Morgan fingerprint density at radius 3 is 2.57 bits per heavy atom. The van der Waals surface area contributed by atoms with Crippen LogP contribution in [0, 0.1) is 12.8 Å². The number of guanidine groups is 1. The van der Waals surface area contributed by atoms with Crippen LogP contribution in [0.1, 0.15) is 50.4 Å². The van der Waals surface area contributed by atoms with Crippen LogP contribution in [0.2, 0.25) is 0 Å². The van der Waals surface area contributed by atoms with E-state index in [1.807, 2.05) is 6.20 Å². The van der Waals surface area contributed by atoms with Gasteiger partial charge in [-0.25, -0.2) is 9.98 Å². The van der Waals surface area contributed by atoms with Crippen LogP contribution in [0.15, 0.2) is 11.2 Å². The number of rotatable bonds is 7. The normalized spacial score (nSPS) is 13.0. The fourth-order valence-corrected chi connectivity index (χ4v) is 2.54. The zero-order valence-corrected chi connectivity index (χ0v) is 16.9. The number of aromatic nitrogens is 1. The third-order valence-corrected chi connectivity index (χ3v) is 3.84. The van der Waals surface area contributed by atoms with Gasteiger partial charge in [0.05, 0.1) is 6.54 Å². The second-order valence-electron chi connectivity index (χ2n) is 5.58. The van der Waals surface area contributed by atoms with Crippen molar-refractivity contribution in [1.29, 1.82) is 0 Å². The van der Waals surface area contributed by atoms with Crippen LogP contribution >= 0.6 is 35.3 Å². The lowest BCUT2D eigenvalue weighted by atomic mass is 10.0. The highest BCUT2D eigenvalue weighted by Gasteiger charge is 2.06. The molecule has 21 heavy (non-hydrogen) atoms. The first kappa shape index (κ1) is 20.6. The zero-order valence-electron chi connectivity index (χ0n) is 13.8. The molecule has 0 saturated carbocycles. The van der Waals surface area contributed by atoms with E-state index in [-0.39, 0.29) is 24.0 Å². The lowest BCUT2D eigenvalue weighted by molar-refractivity contribution is 0.489. The fraction of sp³-hybridized carbons (Fsp3) is 0.733. The van der Waals surface area contributed by atoms with E-state index in [0.717, 1.165) is 23.4 Å². The summed E-state index contributed by atoms with van der Waals surface area (Å²) in [6, 6.07) is 0.438. The Morgan fingerprint density at radius 2 is 2.05 bits per heavy atom. The van der Waals surface area contributed by atoms with Crippen LogP contribution < -0.4 is 10.6 Å². The number of hydrogen-bond acceptors (Lipinski definition) is 3. The highest BCUT2D eigenvalue weighted by Crippen LogP contribution is 2.12. The third-order valence-electron chi connectivity index (χ3n) is 2.95. The van der Waals surface area contributed by atoms with E-state index >= 15 is 0 Å².